The second-order valence-electron chi connectivity index (χ2n) is 2.85. The van der Waals surface area contributed by atoms with Crippen LogP contribution in [0.2, 0.25) is 5.22 Å². The maximum Gasteiger partial charge on any atom is 0.287 e. The zero-order chi connectivity index (χ0) is 8.55. The van der Waals surface area contributed by atoms with E-state index in [1.54, 1.807) is 12.1 Å². The average Bonchev–Trinajstić information content (AvgIpc) is 2.72. The molecule has 1 aromatic rings. The minimum absolute atomic E-state index is 0.176. The molecular formula is C8H8ClNO2. The van der Waals surface area contributed by atoms with Gasteiger partial charge >= 0.3 is 0 Å². The lowest BCUT2D eigenvalue weighted by atomic mass is 10.4. The van der Waals surface area contributed by atoms with Crippen LogP contribution in [-0.2, 0) is 0 Å². The molecule has 0 spiro atoms. The summed E-state index contributed by atoms with van der Waals surface area (Å²) >= 11 is 5.51. The Morgan fingerprint density at radius 1 is 1.58 bits per heavy atom. The van der Waals surface area contributed by atoms with Crippen molar-refractivity contribution in [1.29, 1.82) is 0 Å². The van der Waals surface area contributed by atoms with E-state index in [1.165, 1.54) is 0 Å². The van der Waals surface area contributed by atoms with Crippen molar-refractivity contribution in [2.24, 2.45) is 0 Å². The van der Waals surface area contributed by atoms with E-state index in [1.807, 2.05) is 0 Å². The summed E-state index contributed by atoms with van der Waals surface area (Å²) < 4.78 is 4.93. The first-order valence-electron chi connectivity index (χ1n) is 3.82. The second-order valence-corrected chi connectivity index (χ2v) is 3.22. The van der Waals surface area contributed by atoms with Gasteiger partial charge in [-0.25, -0.2) is 0 Å². The van der Waals surface area contributed by atoms with Gasteiger partial charge in [0.15, 0.2) is 11.0 Å². The summed E-state index contributed by atoms with van der Waals surface area (Å²) in [6.45, 7) is 0. The Bertz CT molecular complexity index is 304. The lowest BCUT2D eigenvalue weighted by molar-refractivity contribution is 0.0923. The van der Waals surface area contributed by atoms with Gasteiger partial charge < -0.3 is 9.73 Å². The molecule has 4 heteroatoms. The van der Waals surface area contributed by atoms with Gasteiger partial charge in [-0.15, -0.1) is 0 Å². The van der Waals surface area contributed by atoms with E-state index < -0.39 is 0 Å². The molecule has 1 aliphatic rings. The van der Waals surface area contributed by atoms with Crippen molar-refractivity contribution < 1.29 is 9.21 Å². The number of halogens is 1. The van der Waals surface area contributed by atoms with E-state index in [-0.39, 0.29) is 16.9 Å². The maximum absolute atomic E-state index is 11.2. The molecule has 3 nitrogen and oxygen atoms in total. The Balaban J connectivity index is 2.03. The smallest absolute Gasteiger partial charge is 0.287 e. The van der Waals surface area contributed by atoms with Crippen molar-refractivity contribution in [2.45, 2.75) is 18.9 Å². The quantitative estimate of drug-likeness (QED) is 0.764. The molecular weight excluding hydrogens is 178 g/mol. The highest BCUT2D eigenvalue weighted by Crippen LogP contribution is 2.20. The summed E-state index contributed by atoms with van der Waals surface area (Å²) in [5.41, 5.74) is 0. The van der Waals surface area contributed by atoms with Crippen LogP contribution >= 0.6 is 11.6 Å². The first-order valence-corrected chi connectivity index (χ1v) is 4.20. The number of carbonyl (C=O) groups excluding carboxylic acids is 1. The van der Waals surface area contributed by atoms with Crippen LogP contribution in [0, 0.1) is 0 Å². The highest BCUT2D eigenvalue weighted by atomic mass is 35.5. The Morgan fingerprint density at radius 2 is 2.33 bits per heavy atom. The number of amides is 1. The van der Waals surface area contributed by atoms with E-state index in [4.69, 9.17) is 16.0 Å². The van der Waals surface area contributed by atoms with Crippen LogP contribution in [-0.4, -0.2) is 11.9 Å². The zero-order valence-electron chi connectivity index (χ0n) is 6.34. The molecule has 12 heavy (non-hydrogen) atoms. The fraction of sp³-hybridized carbons (Fsp3) is 0.375. The molecule has 0 radical (unpaired) electrons. The lowest BCUT2D eigenvalue weighted by Gasteiger charge is -1.97. The van der Waals surface area contributed by atoms with Gasteiger partial charge in [-0.1, -0.05) is 0 Å². The van der Waals surface area contributed by atoms with Crippen LogP contribution in [0.4, 0.5) is 0 Å². The lowest BCUT2D eigenvalue weighted by Crippen LogP contribution is -2.24. The molecule has 0 bridgehead atoms. The van der Waals surface area contributed by atoms with E-state index in [9.17, 15) is 4.79 Å². The van der Waals surface area contributed by atoms with E-state index in [0.29, 0.717) is 6.04 Å². The van der Waals surface area contributed by atoms with Crippen molar-refractivity contribution in [3.05, 3.63) is 23.1 Å². The first-order chi connectivity index (χ1) is 5.75. The Morgan fingerprint density at radius 3 is 2.83 bits per heavy atom. The maximum atomic E-state index is 11.2. The predicted molar refractivity (Wildman–Crippen MR) is 44.2 cm³/mol. The van der Waals surface area contributed by atoms with Gasteiger partial charge in [0.05, 0.1) is 0 Å². The normalized spacial score (nSPS) is 16.1. The zero-order valence-corrected chi connectivity index (χ0v) is 7.10. The van der Waals surface area contributed by atoms with Crippen molar-refractivity contribution in [3.63, 3.8) is 0 Å². The Hall–Kier alpha value is -0.960. The Kier molecular flexibility index (Phi) is 1.81. The molecule has 1 aromatic heterocycles. The average molecular weight is 186 g/mol. The molecule has 2 rings (SSSR count). The van der Waals surface area contributed by atoms with E-state index in [2.05, 4.69) is 5.32 Å². The van der Waals surface area contributed by atoms with Gasteiger partial charge in [-0.2, -0.15) is 0 Å². The van der Waals surface area contributed by atoms with Gasteiger partial charge in [-0.3, -0.25) is 4.79 Å². The molecule has 0 aliphatic heterocycles. The molecule has 1 saturated carbocycles. The topological polar surface area (TPSA) is 42.2 Å². The highest BCUT2D eigenvalue weighted by Gasteiger charge is 2.24. The third kappa shape index (κ3) is 1.61. The molecule has 0 aromatic carbocycles. The summed E-state index contributed by atoms with van der Waals surface area (Å²) in [4.78, 5) is 11.2. The number of hydrogen-bond acceptors (Lipinski definition) is 2. The van der Waals surface area contributed by atoms with Crippen LogP contribution < -0.4 is 5.32 Å². The van der Waals surface area contributed by atoms with Crippen molar-refractivity contribution in [1.82, 2.24) is 5.32 Å². The van der Waals surface area contributed by atoms with Gasteiger partial charge in [0.1, 0.15) is 0 Å². The molecule has 1 heterocycles. The fourth-order valence-corrected chi connectivity index (χ4v) is 1.07. The number of hydrogen-bond donors (Lipinski definition) is 1. The standard InChI is InChI=1S/C8H8ClNO2/c9-7-4-3-6(12-7)8(11)10-5-1-2-5/h3-5H,1-2H2,(H,10,11). The fourth-order valence-electron chi connectivity index (χ4n) is 0.921. The minimum atomic E-state index is -0.176. The second kappa shape index (κ2) is 2.83. The van der Waals surface area contributed by atoms with Crippen LogP contribution in [0.1, 0.15) is 23.4 Å². The molecule has 0 unspecified atom stereocenters. The Labute approximate surface area is 74.7 Å². The van der Waals surface area contributed by atoms with Crippen molar-refractivity contribution in [3.8, 4) is 0 Å². The minimum Gasteiger partial charge on any atom is -0.440 e. The summed E-state index contributed by atoms with van der Waals surface area (Å²) in [6, 6.07) is 3.48. The van der Waals surface area contributed by atoms with E-state index in [0.717, 1.165) is 12.8 Å². The number of rotatable bonds is 2. The monoisotopic (exact) mass is 185 g/mol. The molecule has 0 saturated heterocycles. The summed E-state index contributed by atoms with van der Waals surface area (Å²) in [6.07, 6.45) is 2.14. The largest absolute Gasteiger partial charge is 0.440 e. The third-order valence-corrected chi connectivity index (χ3v) is 1.91. The number of carbonyl (C=O) groups is 1. The van der Waals surface area contributed by atoms with Crippen molar-refractivity contribution in [2.75, 3.05) is 0 Å². The highest BCUT2D eigenvalue weighted by molar-refractivity contribution is 6.29. The number of furan rings is 1. The molecule has 1 fully saturated rings. The van der Waals surface area contributed by atoms with Crippen LogP contribution in [0.25, 0.3) is 0 Å². The van der Waals surface area contributed by atoms with Gasteiger partial charge in [-0.05, 0) is 36.6 Å². The van der Waals surface area contributed by atoms with Crippen LogP contribution in [0.5, 0.6) is 0 Å². The van der Waals surface area contributed by atoms with E-state index >= 15 is 0 Å². The molecule has 1 amide bonds. The SMILES string of the molecule is O=C(NC1CC1)c1ccc(Cl)o1. The van der Waals surface area contributed by atoms with Crippen molar-refractivity contribution >= 4 is 17.5 Å². The molecule has 1 aliphatic carbocycles. The summed E-state index contributed by atoms with van der Waals surface area (Å²) in [5.74, 6) is 0.108. The van der Waals surface area contributed by atoms with Crippen LogP contribution in [0.15, 0.2) is 16.5 Å². The van der Waals surface area contributed by atoms with Crippen LogP contribution in [0.3, 0.4) is 0 Å². The predicted octanol–water partition coefficient (Wildman–Crippen LogP) is 1.83. The molecule has 0 atom stereocenters. The van der Waals surface area contributed by atoms with Gasteiger partial charge in [0.25, 0.3) is 5.91 Å². The van der Waals surface area contributed by atoms with Gasteiger partial charge in [0, 0.05) is 6.04 Å². The summed E-state index contributed by atoms with van der Waals surface area (Å²) in [7, 11) is 0. The number of nitrogens with one attached hydrogen (secondary N) is 1. The third-order valence-electron chi connectivity index (χ3n) is 1.71. The molecule has 64 valence electrons. The summed E-state index contributed by atoms with van der Waals surface area (Å²) in [5, 5.41) is 3.04. The van der Waals surface area contributed by atoms with Gasteiger partial charge in [0.2, 0.25) is 0 Å². The first kappa shape index (κ1) is 7.68. The molecule has 1 N–H and O–H groups in total.